The van der Waals surface area contributed by atoms with Gasteiger partial charge < -0.3 is 4.74 Å². The van der Waals surface area contributed by atoms with Crippen molar-refractivity contribution in [1.29, 1.82) is 0 Å². The Kier molecular flexibility index (Phi) is 4.31. The lowest BCUT2D eigenvalue weighted by molar-refractivity contribution is -0.121. The molecule has 1 aromatic carbocycles. The number of ether oxygens (including phenoxy) is 1. The first kappa shape index (κ1) is 12.5. The van der Waals surface area contributed by atoms with Crippen molar-refractivity contribution >= 4 is 5.91 Å². The number of amides is 1. The molecule has 88 valence electrons. The molecule has 0 aromatic heterocycles. The predicted molar refractivity (Wildman–Crippen MR) is 63.1 cm³/mol. The maximum atomic E-state index is 10.9. The van der Waals surface area contributed by atoms with Gasteiger partial charge in [0.25, 0.3) is 0 Å². The standard InChI is InChI=1S/C12H18N2O2/c1-8-6-10(3)11(7-9(8)2)16-5-4-12(15)14-13/h6-7H,4-5,13H2,1-3H3,(H,14,15). The van der Waals surface area contributed by atoms with Gasteiger partial charge in [-0.2, -0.15) is 0 Å². The molecule has 16 heavy (non-hydrogen) atoms. The van der Waals surface area contributed by atoms with Crippen LogP contribution >= 0.6 is 0 Å². The van der Waals surface area contributed by atoms with Crippen molar-refractivity contribution < 1.29 is 9.53 Å². The third kappa shape index (κ3) is 3.24. The Morgan fingerprint density at radius 3 is 2.50 bits per heavy atom. The Morgan fingerprint density at radius 1 is 1.25 bits per heavy atom. The van der Waals surface area contributed by atoms with Gasteiger partial charge in [0.2, 0.25) is 5.91 Å². The highest BCUT2D eigenvalue weighted by Crippen LogP contribution is 2.22. The van der Waals surface area contributed by atoms with Gasteiger partial charge in [0.05, 0.1) is 13.0 Å². The summed E-state index contributed by atoms with van der Waals surface area (Å²) in [5.74, 6) is 5.58. The van der Waals surface area contributed by atoms with E-state index in [-0.39, 0.29) is 12.3 Å². The summed E-state index contributed by atoms with van der Waals surface area (Å²) in [5.41, 5.74) is 5.57. The van der Waals surface area contributed by atoms with Crippen molar-refractivity contribution in [3.05, 3.63) is 28.8 Å². The zero-order valence-corrected chi connectivity index (χ0v) is 9.96. The van der Waals surface area contributed by atoms with Crippen LogP contribution in [-0.4, -0.2) is 12.5 Å². The lowest BCUT2D eigenvalue weighted by Crippen LogP contribution is -2.31. The Labute approximate surface area is 95.8 Å². The first-order chi connectivity index (χ1) is 7.54. The predicted octanol–water partition coefficient (Wildman–Crippen LogP) is 1.37. The number of nitrogens with one attached hydrogen (secondary N) is 1. The third-order valence-electron chi connectivity index (χ3n) is 2.54. The summed E-state index contributed by atoms with van der Waals surface area (Å²) in [4.78, 5) is 10.9. The van der Waals surface area contributed by atoms with Crippen LogP contribution in [0.25, 0.3) is 0 Å². The highest BCUT2D eigenvalue weighted by Gasteiger charge is 2.04. The van der Waals surface area contributed by atoms with Gasteiger partial charge in [0, 0.05) is 0 Å². The van der Waals surface area contributed by atoms with Crippen molar-refractivity contribution in [3.8, 4) is 5.75 Å². The summed E-state index contributed by atoms with van der Waals surface area (Å²) in [5, 5.41) is 0. The van der Waals surface area contributed by atoms with Gasteiger partial charge in [0.1, 0.15) is 5.75 Å². The number of benzene rings is 1. The summed E-state index contributed by atoms with van der Waals surface area (Å²) >= 11 is 0. The first-order valence-corrected chi connectivity index (χ1v) is 5.24. The molecular weight excluding hydrogens is 204 g/mol. The van der Waals surface area contributed by atoms with E-state index in [2.05, 4.69) is 18.4 Å². The molecule has 4 nitrogen and oxygen atoms in total. The first-order valence-electron chi connectivity index (χ1n) is 5.24. The molecule has 0 bridgehead atoms. The number of carbonyl (C=O) groups excluding carboxylic acids is 1. The van der Waals surface area contributed by atoms with Crippen LogP contribution in [0.1, 0.15) is 23.1 Å². The molecule has 0 saturated carbocycles. The number of hydrogen-bond acceptors (Lipinski definition) is 3. The fourth-order valence-corrected chi connectivity index (χ4v) is 1.42. The highest BCUT2D eigenvalue weighted by atomic mass is 16.5. The van der Waals surface area contributed by atoms with E-state index in [1.807, 2.05) is 19.9 Å². The topological polar surface area (TPSA) is 64.3 Å². The van der Waals surface area contributed by atoms with E-state index >= 15 is 0 Å². The molecule has 0 aliphatic heterocycles. The number of hydrazine groups is 1. The molecule has 0 radical (unpaired) electrons. The number of nitrogens with two attached hydrogens (primary N) is 1. The van der Waals surface area contributed by atoms with E-state index in [1.165, 1.54) is 11.1 Å². The SMILES string of the molecule is Cc1cc(C)c(OCCC(=O)NN)cc1C. The molecule has 3 N–H and O–H groups in total. The van der Waals surface area contributed by atoms with Crippen molar-refractivity contribution in [2.45, 2.75) is 27.2 Å². The number of rotatable bonds is 4. The van der Waals surface area contributed by atoms with E-state index in [0.717, 1.165) is 11.3 Å². The second-order valence-electron chi connectivity index (χ2n) is 3.87. The molecule has 1 amide bonds. The summed E-state index contributed by atoms with van der Waals surface area (Å²) in [7, 11) is 0. The molecule has 0 heterocycles. The van der Waals surface area contributed by atoms with Crippen LogP contribution in [-0.2, 0) is 4.79 Å². The second-order valence-corrected chi connectivity index (χ2v) is 3.87. The van der Waals surface area contributed by atoms with E-state index in [4.69, 9.17) is 10.6 Å². The fraction of sp³-hybridized carbons (Fsp3) is 0.417. The van der Waals surface area contributed by atoms with Gasteiger partial charge in [-0.3, -0.25) is 10.2 Å². The molecule has 1 rings (SSSR count). The largest absolute Gasteiger partial charge is 0.493 e. The van der Waals surface area contributed by atoms with Crippen LogP contribution in [0, 0.1) is 20.8 Å². The minimum Gasteiger partial charge on any atom is -0.493 e. The van der Waals surface area contributed by atoms with Crippen LogP contribution in [0.4, 0.5) is 0 Å². The Bertz CT molecular complexity index is 389. The van der Waals surface area contributed by atoms with Crippen molar-refractivity contribution in [2.24, 2.45) is 5.84 Å². The van der Waals surface area contributed by atoms with E-state index < -0.39 is 0 Å². The molecule has 4 heteroatoms. The van der Waals surface area contributed by atoms with Crippen LogP contribution in [0.5, 0.6) is 5.75 Å². The van der Waals surface area contributed by atoms with Gasteiger partial charge in [0.15, 0.2) is 0 Å². The lowest BCUT2D eigenvalue weighted by Gasteiger charge is -2.11. The monoisotopic (exact) mass is 222 g/mol. The van der Waals surface area contributed by atoms with Gasteiger partial charge in [-0.25, -0.2) is 5.84 Å². The molecule has 0 aliphatic rings. The molecule has 0 fully saturated rings. The van der Waals surface area contributed by atoms with Gasteiger partial charge >= 0.3 is 0 Å². The smallest absolute Gasteiger partial charge is 0.237 e. The van der Waals surface area contributed by atoms with Crippen molar-refractivity contribution in [3.63, 3.8) is 0 Å². The molecule has 0 unspecified atom stereocenters. The minimum atomic E-state index is -0.221. The minimum absolute atomic E-state index is 0.221. The maximum absolute atomic E-state index is 10.9. The third-order valence-corrected chi connectivity index (χ3v) is 2.54. The van der Waals surface area contributed by atoms with Gasteiger partial charge in [-0.05, 0) is 43.5 Å². The molecule has 0 atom stereocenters. The van der Waals surface area contributed by atoms with Crippen LogP contribution < -0.4 is 16.0 Å². The summed E-state index contributed by atoms with van der Waals surface area (Å²) in [6.07, 6.45) is 0.267. The molecule has 0 spiro atoms. The van der Waals surface area contributed by atoms with Crippen LogP contribution in [0.3, 0.4) is 0 Å². The van der Waals surface area contributed by atoms with Crippen LogP contribution in [0.15, 0.2) is 12.1 Å². The number of carbonyl (C=O) groups is 1. The van der Waals surface area contributed by atoms with Crippen LogP contribution in [0.2, 0.25) is 0 Å². The Hall–Kier alpha value is -1.55. The highest BCUT2D eigenvalue weighted by molar-refractivity contribution is 5.75. The zero-order chi connectivity index (χ0) is 12.1. The van der Waals surface area contributed by atoms with E-state index in [9.17, 15) is 4.79 Å². The van der Waals surface area contributed by atoms with Gasteiger partial charge in [-0.15, -0.1) is 0 Å². The number of aryl methyl sites for hydroxylation is 3. The molecule has 0 aliphatic carbocycles. The lowest BCUT2D eigenvalue weighted by atomic mass is 10.1. The summed E-state index contributed by atoms with van der Waals surface area (Å²) in [6.45, 7) is 6.43. The maximum Gasteiger partial charge on any atom is 0.237 e. The molecule has 0 saturated heterocycles. The Balaban J connectivity index is 2.60. The second kappa shape index (κ2) is 5.51. The average Bonchev–Trinajstić information content (AvgIpc) is 2.25. The van der Waals surface area contributed by atoms with E-state index in [1.54, 1.807) is 0 Å². The van der Waals surface area contributed by atoms with E-state index in [0.29, 0.717) is 6.61 Å². The molecule has 1 aromatic rings. The normalized spacial score (nSPS) is 10.0. The van der Waals surface area contributed by atoms with Crippen molar-refractivity contribution in [1.82, 2.24) is 5.43 Å². The quantitative estimate of drug-likeness (QED) is 0.459. The Morgan fingerprint density at radius 2 is 1.88 bits per heavy atom. The summed E-state index contributed by atoms with van der Waals surface area (Å²) < 4.78 is 5.53. The summed E-state index contributed by atoms with van der Waals surface area (Å²) in [6, 6.07) is 4.07. The molecular formula is C12H18N2O2. The average molecular weight is 222 g/mol. The zero-order valence-electron chi connectivity index (χ0n) is 9.96. The fourth-order valence-electron chi connectivity index (χ4n) is 1.42. The van der Waals surface area contributed by atoms with Crippen molar-refractivity contribution in [2.75, 3.05) is 6.61 Å². The van der Waals surface area contributed by atoms with Gasteiger partial charge in [-0.1, -0.05) is 6.07 Å². The number of hydrogen-bond donors (Lipinski definition) is 2.